The fraction of sp³-hybridized carbons (Fsp3) is 0.385. The largest absolute Gasteiger partial charge is 0.448 e. The van der Waals surface area contributed by atoms with Crippen molar-refractivity contribution in [2.24, 2.45) is 0 Å². The molecule has 2 saturated heterocycles. The zero-order valence-electron chi connectivity index (χ0n) is 10.4. The second kappa shape index (κ2) is 6.63. The topological polar surface area (TPSA) is 76.7 Å². The Kier molecular flexibility index (Phi) is 4.60. The Morgan fingerprint density at radius 2 is 1.89 bits per heavy atom. The summed E-state index contributed by atoms with van der Waals surface area (Å²) < 4.78 is 9.19. The van der Waals surface area contributed by atoms with Crippen molar-refractivity contribution in [3.8, 4) is 0 Å². The van der Waals surface area contributed by atoms with Gasteiger partial charge in [0.2, 0.25) is 0 Å². The van der Waals surface area contributed by atoms with E-state index in [4.69, 9.17) is 4.74 Å². The first kappa shape index (κ1) is 13.2. The number of rotatable bonds is 2. The Balaban J connectivity index is 0.000000186. The molecule has 0 aromatic heterocycles. The van der Waals surface area contributed by atoms with E-state index in [1.54, 1.807) is 0 Å². The summed E-state index contributed by atoms with van der Waals surface area (Å²) in [6.45, 7) is 1.67. The summed E-state index contributed by atoms with van der Waals surface area (Å²) in [4.78, 5) is 20.6. The zero-order chi connectivity index (χ0) is 13.5. The molecule has 0 radical (unpaired) electrons. The molecule has 2 aliphatic heterocycles. The Bertz CT molecular complexity index is 428. The van der Waals surface area contributed by atoms with Gasteiger partial charge in [-0.1, -0.05) is 30.3 Å². The van der Waals surface area contributed by atoms with Crippen molar-refractivity contribution in [3.05, 3.63) is 35.9 Å². The molecule has 1 atom stereocenters. The van der Waals surface area contributed by atoms with Gasteiger partial charge in [0.05, 0.1) is 12.6 Å². The number of benzene rings is 1. The summed E-state index contributed by atoms with van der Waals surface area (Å²) in [5.41, 5.74) is 1.22. The number of amides is 2. The van der Waals surface area contributed by atoms with E-state index in [9.17, 15) is 9.59 Å². The van der Waals surface area contributed by atoms with E-state index in [0.29, 0.717) is 19.8 Å². The van der Waals surface area contributed by atoms with Gasteiger partial charge >= 0.3 is 12.2 Å². The average molecular weight is 264 g/mol. The number of ether oxygens (including phenoxy) is 2. The number of alkyl carbamates (subject to hydrolysis) is 2. The van der Waals surface area contributed by atoms with Crippen LogP contribution in [0.15, 0.2) is 30.3 Å². The fourth-order valence-corrected chi connectivity index (χ4v) is 1.78. The maximum Gasteiger partial charge on any atom is 0.407 e. The first-order valence-corrected chi connectivity index (χ1v) is 6.12. The number of cyclic esters (lactones) is 2. The van der Waals surface area contributed by atoms with Gasteiger partial charge in [0, 0.05) is 0 Å². The molecule has 3 rings (SSSR count). The smallest absolute Gasteiger partial charge is 0.407 e. The molecule has 102 valence electrons. The number of hydrogen-bond donors (Lipinski definition) is 2. The van der Waals surface area contributed by atoms with Crippen LogP contribution >= 0.6 is 0 Å². The van der Waals surface area contributed by atoms with E-state index < -0.39 is 0 Å². The third kappa shape index (κ3) is 4.50. The molecular formula is C13H16N2O4. The van der Waals surface area contributed by atoms with Gasteiger partial charge in [-0.05, 0) is 12.0 Å². The molecule has 19 heavy (non-hydrogen) atoms. The summed E-state index contributed by atoms with van der Waals surface area (Å²) in [5.74, 6) is 0. The van der Waals surface area contributed by atoms with E-state index in [1.807, 2.05) is 30.3 Å². The average Bonchev–Trinajstić information content (AvgIpc) is 3.03. The van der Waals surface area contributed by atoms with Crippen LogP contribution in [-0.4, -0.2) is 38.0 Å². The molecular weight excluding hydrogens is 248 g/mol. The minimum atomic E-state index is -0.305. The van der Waals surface area contributed by atoms with Crippen LogP contribution < -0.4 is 10.6 Å². The van der Waals surface area contributed by atoms with Crippen molar-refractivity contribution in [2.75, 3.05) is 19.8 Å². The van der Waals surface area contributed by atoms with E-state index in [-0.39, 0.29) is 18.2 Å². The molecule has 0 unspecified atom stereocenters. The van der Waals surface area contributed by atoms with E-state index in [2.05, 4.69) is 15.4 Å². The Morgan fingerprint density at radius 3 is 2.37 bits per heavy atom. The van der Waals surface area contributed by atoms with E-state index in [0.717, 1.165) is 6.42 Å². The summed E-state index contributed by atoms with van der Waals surface area (Å²) in [6, 6.07) is 10.2. The molecule has 2 heterocycles. The van der Waals surface area contributed by atoms with Crippen LogP contribution in [0.1, 0.15) is 5.56 Å². The van der Waals surface area contributed by atoms with Gasteiger partial charge in [0.1, 0.15) is 13.2 Å². The van der Waals surface area contributed by atoms with Crippen LogP contribution in [0.2, 0.25) is 0 Å². The second-order valence-electron chi connectivity index (χ2n) is 4.19. The number of hydrogen-bond acceptors (Lipinski definition) is 4. The zero-order valence-corrected chi connectivity index (χ0v) is 10.4. The summed E-state index contributed by atoms with van der Waals surface area (Å²) in [6.07, 6.45) is 0.239. The van der Waals surface area contributed by atoms with Crippen LogP contribution in [0.4, 0.5) is 9.59 Å². The standard InChI is InChI=1S/C10H11NO2.C3H5NO2/c12-10-11-9(7-13-10)6-8-4-2-1-3-5-8;5-3-4-1-2-6-3/h1-5,9H,6-7H2,(H,11,12);1-2H2,(H,4,5)/t9-;/m0./s1. The van der Waals surface area contributed by atoms with Crippen LogP contribution in [0.25, 0.3) is 0 Å². The molecule has 2 N–H and O–H groups in total. The predicted molar refractivity (Wildman–Crippen MR) is 67.8 cm³/mol. The molecule has 1 aromatic rings. The lowest BCUT2D eigenvalue weighted by molar-refractivity contribution is 0.176. The highest BCUT2D eigenvalue weighted by Gasteiger charge is 2.21. The lowest BCUT2D eigenvalue weighted by Gasteiger charge is -2.05. The highest BCUT2D eigenvalue weighted by Crippen LogP contribution is 2.06. The number of carbonyl (C=O) groups excluding carboxylic acids is 2. The maximum atomic E-state index is 10.7. The van der Waals surface area contributed by atoms with Gasteiger partial charge in [0.25, 0.3) is 0 Å². The fourth-order valence-electron chi connectivity index (χ4n) is 1.78. The predicted octanol–water partition coefficient (Wildman–Crippen LogP) is 1.06. The van der Waals surface area contributed by atoms with Gasteiger partial charge in [0.15, 0.2) is 0 Å². The van der Waals surface area contributed by atoms with Crippen molar-refractivity contribution in [3.63, 3.8) is 0 Å². The highest BCUT2D eigenvalue weighted by atomic mass is 16.6. The van der Waals surface area contributed by atoms with Crippen LogP contribution in [-0.2, 0) is 15.9 Å². The molecule has 0 spiro atoms. The molecule has 0 bridgehead atoms. The van der Waals surface area contributed by atoms with Crippen molar-refractivity contribution in [1.82, 2.24) is 10.6 Å². The Morgan fingerprint density at radius 1 is 1.11 bits per heavy atom. The molecule has 2 aliphatic rings. The minimum absolute atomic E-state index is 0.134. The molecule has 2 amide bonds. The summed E-state index contributed by atoms with van der Waals surface area (Å²) in [7, 11) is 0. The second-order valence-corrected chi connectivity index (χ2v) is 4.19. The van der Waals surface area contributed by atoms with Crippen LogP contribution in [0.3, 0.4) is 0 Å². The molecule has 1 aromatic carbocycles. The van der Waals surface area contributed by atoms with Crippen LogP contribution in [0, 0.1) is 0 Å². The van der Waals surface area contributed by atoms with Gasteiger partial charge < -0.3 is 20.1 Å². The first-order valence-electron chi connectivity index (χ1n) is 6.12. The Hall–Kier alpha value is -2.24. The first-order chi connectivity index (χ1) is 9.24. The Labute approximate surface area is 111 Å². The summed E-state index contributed by atoms with van der Waals surface area (Å²) in [5, 5.41) is 5.20. The third-order valence-electron chi connectivity index (χ3n) is 2.67. The van der Waals surface area contributed by atoms with Crippen molar-refractivity contribution in [2.45, 2.75) is 12.5 Å². The normalized spacial score (nSPS) is 20.5. The van der Waals surface area contributed by atoms with E-state index in [1.165, 1.54) is 5.56 Å². The number of nitrogens with one attached hydrogen (secondary N) is 2. The van der Waals surface area contributed by atoms with Gasteiger partial charge in [-0.25, -0.2) is 9.59 Å². The molecule has 0 aliphatic carbocycles. The summed E-state index contributed by atoms with van der Waals surface area (Å²) >= 11 is 0. The van der Waals surface area contributed by atoms with Crippen LogP contribution in [0.5, 0.6) is 0 Å². The number of carbonyl (C=O) groups is 2. The third-order valence-corrected chi connectivity index (χ3v) is 2.67. The maximum absolute atomic E-state index is 10.7. The van der Waals surface area contributed by atoms with Crippen molar-refractivity contribution >= 4 is 12.2 Å². The lowest BCUT2D eigenvalue weighted by atomic mass is 10.1. The van der Waals surface area contributed by atoms with Gasteiger partial charge in [-0.2, -0.15) is 0 Å². The van der Waals surface area contributed by atoms with Gasteiger partial charge in [-0.3, -0.25) is 0 Å². The molecule has 0 saturated carbocycles. The monoisotopic (exact) mass is 264 g/mol. The van der Waals surface area contributed by atoms with Gasteiger partial charge in [-0.15, -0.1) is 0 Å². The molecule has 6 nitrogen and oxygen atoms in total. The molecule has 6 heteroatoms. The highest BCUT2D eigenvalue weighted by molar-refractivity contribution is 5.69. The van der Waals surface area contributed by atoms with E-state index >= 15 is 0 Å². The lowest BCUT2D eigenvalue weighted by Crippen LogP contribution is -2.28. The SMILES string of the molecule is O=C1NCCO1.O=C1N[C@@H](Cc2ccccc2)CO1. The quantitative estimate of drug-likeness (QED) is 0.837. The van der Waals surface area contributed by atoms with Crippen molar-refractivity contribution < 1.29 is 19.1 Å². The molecule has 2 fully saturated rings. The van der Waals surface area contributed by atoms with Crippen molar-refractivity contribution in [1.29, 1.82) is 0 Å². The minimum Gasteiger partial charge on any atom is -0.448 e.